The molecule has 0 unspecified atom stereocenters. The normalized spacial score (nSPS) is 10.8. The van der Waals surface area contributed by atoms with Crippen molar-refractivity contribution in [3.05, 3.63) is 35.4 Å². The molecule has 0 bridgehead atoms. The van der Waals surface area contributed by atoms with E-state index in [0.717, 1.165) is 12.0 Å². The van der Waals surface area contributed by atoms with Crippen LogP contribution in [0, 0.1) is 11.8 Å². The second-order valence-electron chi connectivity index (χ2n) is 4.52. The molecule has 0 saturated heterocycles. The molecule has 0 N–H and O–H groups in total. The van der Waals surface area contributed by atoms with Crippen LogP contribution in [0.15, 0.2) is 24.3 Å². The van der Waals surface area contributed by atoms with Gasteiger partial charge in [0.2, 0.25) is 0 Å². The summed E-state index contributed by atoms with van der Waals surface area (Å²) in [7, 11) is 0. The third-order valence-corrected chi connectivity index (χ3v) is 2.37. The van der Waals surface area contributed by atoms with Crippen molar-refractivity contribution in [2.24, 2.45) is 0 Å². The minimum Gasteiger partial charge on any atom is -0.106 e. The van der Waals surface area contributed by atoms with E-state index >= 15 is 0 Å². The second-order valence-corrected chi connectivity index (χ2v) is 5.47. The number of hydrogen-bond donors (Lipinski definition) is 0. The largest absolute Gasteiger partial charge is 0.106 e. The Kier molecular flexibility index (Phi) is 4.90. The Bertz CT molecular complexity index is 371. The summed E-state index contributed by atoms with van der Waals surface area (Å²) in [6.45, 7) is 6.01. The second kappa shape index (κ2) is 5.97. The summed E-state index contributed by atoms with van der Waals surface area (Å²) in [4.78, 5) is -0.444. The van der Waals surface area contributed by atoms with Gasteiger partial charge < -0.3 is 0 Å². The number of halogens is 1. The molecule has 0 aromatic heterocycles. The SMILES string of the molecule is CCCCc1ccc(C#CC(C)(C)Cl)cc1. The van der Waals surface area contributed by atoms with Crippen molar-refractivity contribution in [2.75, 3.05) is 0 Å². The molecule has 0 spiro atoms. The van der Waals surface area contributed by atoms with Gasteiger partial charge in [-0.3, -0.25) is 0 Å². The fraction of sp³-hybridized carbons (Fsp3) is 0.467. The van der Waals surface area contributed by atoms with Crippen molar-refractivity contribution in [2.45, 2.75) is 44.9 Å². The highest BCUT2D eigenvalue weighted by atomic mass is 35.5. The van der Waals surface area contributed by atoms with E-state index in [0.29, 0.717) is 0 Å². The summed E-state index contributed by atoms with van der Waals surface area (Å²) < 4.78 is 0. The number of benzene rings is 1. The van der Waals surface area contributed by atoms with Gasteiger partial charge in [0.15, 0.2) is 0 Å². The Morgan fingerprint density at radius 2 is 1.81 bits per heavy atom. The van der Waals surface area contributed by atoms with Crippen LogP contribution >= 0.6 is 11.6 Å². The van der Waals surface area contributed by atoms with E-state index in [9.17, 15) is 0 Å². The van der Waals surface area contributed by atoms with Gasteiger partial charge in [-0.25, -0.2) is 0 Å². The minimum absolute atomic E-state index is 0.444. The zero-order chi connectivity index (χ0) is 12.0. The van der Waals surface area contributed by atoms with Crippen LogP contribution in [0.2, 0.25) is 0 Å². The molecule has 16 heavy (non-hydrogen) atoms. The molecule has 0 aliphatic heterocycles. The Labute approximate surface area is 104 Å². The molecule has 0 amide bonds. The van der Waals surface area contributed by atoms with Gasteiger partial charge in [0.05, 0.1) is 4.87 Å². The van der Waals surface area contributed by atoms with Gasteiger partial charge in [-0.05, 0) is 44.4 Å². The molecule has 0 radical (unpaired) electrons. The molecule has 0 aliphatic rings. The Balaban J connectivity index is 2.67. The standard InChI is InChI=1S/C15H19Cl/c1-4-5-6-13-7-9-14(10-8-13)11-12-15(2,3)16/h7-10H,4-6H2,1-3H3. The quantitative estimate of drug-likeness (QED) is 0.537. The lowest BCUT2D eigenvalue weighted by Gasteiger charge is -2.04. The molecule has 0 fully saturated rings. The fourth-order valence-electron chi connectivity index (χ4n) is 1.36. The lowest BCUT2D eigenvalue weighted by molar-refractivity contribution is 0.795. The van der Waals surface area contributed by atoms with Crippen molar-refractivity contribution in [3.8, 4) is 11.8 Å². The van der Waals surface area contributed by atoms with E-state index in [1.807, 2.05) is 13.8 Å². The number of alkyl halides is 1. The monoisotopic (exact) mass is 234 g/mol. The molecule has 0 heterocycles. The molecule has 1 aromatic carbocycles. The van der Waals surface area contributed by atoms with E-state index in [4.69, 9.17) is 11.6 Å². The van der Waals surface area contributed by atoms with Gasteiger partial charge >= 0.3 is 0 Å². The van der Waals surface area contributed by atoms with Crippen molar-refractivity contribution in [3.63, 3.8) is 0 Å². The first-order valence-corrected chi connectivity index (χ1v) is 6.20. The summed E-state index contributed by atoms with van der Waals surface area (Å²) in [5, 5.41) is 0. The first-order chi connectivity index (χ1) is 7.51. The van der Waals surface area contributed by atoms with Crippen LogP contribution in [0.4, 0.5) is 0 Å². The zero-order valence-electron chi connectivity index (χ0n) is 10.3. The van der Waals surface area contributed by atoms with Crippen molar-refractivity contribution < 1.29 is 0 Å². The highest BCUT2D eigenvalue weighted by molar-refractivity contribution is 6.25. The number of rotatable bonds is 3. The van der Waals surface area contributed by atoms with Crippen molar-refractivity contribution >= 4 is 11.6 Å². The third kappa shape index (κ3) is 5.24. The molecule has 1 heteroatoms. The minimum atomic E-state index is -0.444. The average Bonchev–Trinajstić information content (AvgIpc) is 2.24. The highest BCUT2D eigenvalue weighted by Gasteiger charge is 2.06. The summed E-state index contributed by atoms with van der Waals surface area (Å²) in [6.07, 6.45) is 3.65. The fourth-order valence-corrected chi connectivity index (χ4v) is 1.40. The van der Waals surface area contributed by atoms with Gasteiger partial charge in [0, 0.05) is 5.56 Å². The molecular formula is C15H19Cl. The van der Waals surface area contributed by atoms with Gasteiger partial charge in [-0.1, -0.05) is 37.3 Å². The summed E-state index contributed by atoms with van der Waals surface area (Å²) >= 11 is 6.01. The first-order valence-electron chi connectivity index (χ1n) is 5.82. The Morgan fingerprint density at radius 3 is 2.31 bits per heavy atom. The van der Waals surface area contributed by atoms with E-state index in [1.54, 1.807) is 0 Å². The van der Waals surface area contributed by atoms with E-state index in [-0.39, 0.29) is 0 Å². The van der Waals surface area contributed by atoms with Crippen LogP contribution in [0.5, 0.6) is 0 Å². The molecule has 1 aromatic rings. The Hall–Kier alpha value is -0.930. The van der Waals surface area contributed by atoms with Crippen LogP contribution < -0.4 is 0 Å². The van der Waals surface area contributed by atoms with Crippen LogP contribution in [-0.2, 0) is 6.42 Å². The molecule has 1 rings (SSSR count). The van der Waals surface area contributed by atoms with Crippen LogP contribution in [-0.4, -0.2) is 4.87 Å². The molecule has 0 atom stereocenters. The van der Waals surface area contributed by atoms with Crippen molar-refractivity contribution in [1.29, 1.82) is 0 Å². The predicted molar refractivity (Wildman–Crippen MR) is 71.9 cm³/mol. The number of unbranched alkanes of at least 4 members (excludes halogenated alkanes) is 1. The highest BCUT2D eigenvalue weighted by Crippen LogP contribution is 2.11. The van der Waals surface area contributed by atoms with Gasteiger partial charge in [-0.15, -0.1) is 11.6 Å². The Morgan fingerprint density at radius 1 is 1.19 bits per heavy atom. The van der Waals surface area contributed by atoms with Crippen molar-refractivity contribution in [1.82, 2.24) is 0 Å². The maximum Gasteiger partial charge on any atom is 0.0997 e. The molecule has 0 aliphatic carbocycles. The molecule has 0 nitrogen and oxygen atoms in total. The average molecular weight is 235 g/mol. The van der Waals surface area contributed by atoms with Gasteiger partial charge in [0.25, 0.3) is 0 Å². The van der Waals surface area contributed by atoms with Gasteiger partial charge in [0.1, 0.15) is 0 Å². The van der Waals surface area contributed by atoms with E-state index in [1.165, 1.54) is 18.4 Å². The molecule has 86 valence electrons. The van der Waals surface area contributed by atoms with Crippen LogP contribution in [0.1, 0.15) is 44.7 Å². The smallest absolute Gasteiger partial charge is 0.0997 e. The van der Waals surface area contributed by atoms with Gasteiger partial charge in [-0.2, -0.15) is 0 Å². The lowest BCUT2D eigenvalue weighted by atomic mass is 10.1. The summed E-state index contributed by atoms with van der Waals surface area (Å²) in [5.41, 5.74) is 2.42. The zero-order valence-corrected chi connectivity index (χ0v) is 11.1. The maximum atomic E-state index is 6.01. The lowest BCUT2D eigenvalue weighted by Crippen LogP contribution is -2.04. The first kappa shape index (κ1) is 13.1. The number of aryl methyl sites for hydroxylation is 1. The molecule has 0 saturated carbocycles. The van der Waals surface area contributed by atoms with E-state index < -0.39 is 4.87 Å². The predicted octanol–water partition coefficient (Wildman–Crippen LogP) is 4.40. The van der Waals surface area contributed by atoms with Crippen LogP contribution in [0.25, 0.3) is 0 Å². The molecular weight excluding hydrogens is 216 g/mol. The van der Waals surface area contributed by atoms with E-state index in [2.05, 4.69) is 43.0 Å². The third-order valence-electron chi connectivity index (χ3n) is 2.28. The topological polar surface area (TPSA) is 0 Å². The summed E-state index contributed by atoms with van der Waals surface area (Å²) in [6, 6.07) is 8.45. The summed E-state index contributed by atoms with van der Waals surface area (Å²) in [5.74, 6) is 6.10. The van der Waals surface area contributed by atoms with Crippen LogP contribution in [0.3, 0.4) is 0 Å². The number of hydrogen-bond acceptors (Lipinski definition) is 0. The maximum absolute atomic E-state index is 6.01.